The van der Waals surface area contributed by atoms with Crippen LogP contribution in [0.1, 0.15) is 28.7 Å². The molecule has 8 nitrogen and oxygen atoms in total. The molecule has 3 heterocycles. The number of ether oxygens (including phenoxy) is 1. The summed E-state index contributed by atoms with van der Waals surface area (Å²) < 4.78 is 10.6. The van der Waals surface area contributed by atoms with Crippen molar-refractivity contribution in [1.29, 1.82) is 0 Å². The van der Waals surface area contributed by atoms with Crippen molar-refractivity contribution in [3.63, 3.8) is 0 Å². The molecular formula is C20H21N5O3. The van der Waals surface area contributed by atoms with Gasteiger partial charge in [-0.25, -0.2) is 0 Å². The normalized spacial score (nSPS) is 19.5. The molecule has 0 spiro atoms. The molecule has 0 aliphatic carbocycles. The van der Waals surface area contributed by atoms with Gasteiger partial charge in [0.25, 0.3) is 5.91 Å². The largest absolute Gasteiger partial charge is 0.497 e. The summed E-state index contributed by atoms with van der Waals surface area (Å²) in [6, 6.07) is 10.7. The maximum absolute atomic E-state index is 12.5. The molecule has 1 amide bonds. The molecule has 1 N–H and O–H groups in total. The molecule has 1 aliphatic heterocycles. The highest BCUT2D eigenvalue weighted by molar-refractivity contribution is 5.94. The monoisotopic (exact) mass is 379 g/mol. The Bertz CT molecular complexity index is 942. The molecule has 4 rings (SSSR count). The third-order valence-electron chi connectivity index (χ3n) is 4.90. The SMILES string of the molecule is COc1ccc(C(=O)N[C@H]2C[C@@H](c3nc(-c4ccncc4)no3)N(C)C2)cc1. The van der Waals surface area contributed by atoms with Crippen molar-refractivity contribution in [3.8, 4) is 17.1 Å². The van der Waals surface area contributed by atoms with E-state index in [1.807, 2.05) is 19.2 Å². The van der Waals surface area contributed by atoms with E-state index in [4.69, 9.17) is 9.26 Å². The van der Waals surface area contributed by atoms with Crippen LogP contribution in [0.5, 0.6) is 5.75 Å². The van der Waals surface area contributed by atoms with Crippen LogP contribution in [0.15, 0.2) is 53.3 Å². The highest BCUT2D eigenvalue weighted by atomic mass is 16.5. The number of carbonyl (C=O) groups excluding carboxylic acids is 1. The molecule has 0 radical (unpaired) electrons. The van der Waals surface area contributed by atoms with Gasteiger partial charge in [0.2, 0.25) is 11.7 Å². The number of hydrogen-bond donors (Lipinski definition) is 1. The van der Waals surface area contributed by atoms with E-state index in [0.29, 0.717) is 30.2 Å². The van der Waals surface area contributed by atoms with E-state index in [1.165, 1.54) is 0 Å². The van der Waals surface area contributed by atoms with Gasteiger partial charge in [-0.1, -0.05) is 5.16 Å². The number of likely N-dealkylation sites (N-methyl/N-ethyl adjacent to an activating group) is 1. The maximum Gasteiger partial charge on any atom is 0.251 e. The van der Waals surface area contributed by atoms with E-state index in [0.717, 1.165) is 11.3 Å². The summed E-state index contributed by atoms with van der Waals surface area (Å²) >= 11 is 0. The van der Waals surface area contributed by atoms with E-state index >= 15 is 0 Å². The first kappa shape index (κ1) is 18.1. The number of nitrogens with zero attached hydrogens (tertiary/aromatic N) is 4. The molecule has 0 bridgehead atoms. The molecule has 1 aliphatic rings. The molecule has 1 saturated heterocycles. The molecule has 2 atom stereocenters. The predicted octanol–water partition coefficient (Wildman–Crippen LogP) is 2.32. The maximum atomic E-state index is 12.5. The second-order valence-electron chi connectivity index (χ2n) is 6.78. The number of aromatic nitrogens is 3. The molecule has 0 saturated carbocycles. The molecule has 1 aromatic carbocycles. The number of carbonyl (C=O) groups is 1. The van der Waals surface area contributed by atoms with Crippen molar-refractivity contribution >= 4 is 5.91 Å². The number of methoxy groups -OCH3 is 1. The van der Waals surface area contributed by atoms with Crippen LogP contribution in [0.2, 0.25) is 0 Å². The number of hydrogen-bond acceptors (Lipinski definition) is 7. The van der Waals surface area contributed by atoms with Crippen LogP contribution in [-0.4, -0.2) is 52.7 Å². The van der Waals surface area contributed by atoms with Crippen LogP contribution in [-0.2, 0) is 0 Å². The van der Waals surface area contributed by atoms with Crippen molar-refractivity contribution in [2.24, 2.45) is 0 Å². The first-order valence-corrected chi connectivity index (χ1v) is 9.03. The van der Waals surface area contributed by atoms with Gasteiger partial charge in [0.1, 0.15) is 5.75 Å². The second-order valence-corrected chi connectivity index (χ2v) is 6.78. The Balaban J connectivity index is 1.42. The Morgan fingerprint density at radius 3 is 2.68 bits per heavy atom. The zero-order valence-electron chi connectivity index (χ0n) is 15.7. The number of nitrogens with one attached hydrogen (secondary N) is 1. The van der Waals surface area contributed by atoms with Gasteiger partial charge in [-0.3, -0.25) is 14.7 Å². The topological polar surface area (TPSA) is 93.4 Å². The lowest BCUT2D eigenvalue weighted by Crippen LogP contribution is -2.36. The van der Waals surface area contributed by atoms with Crippen molar-refractivity contribution in [3.05, 3.63) is 60.2 Å². The third-order valence-corrected chi connectivity index (χ3v) is 4.90. The fraction of sp³-hybridized carbons (Fsp3) is 0.300. The molecule has 3 aromatic rings. The molecule has 2 aromatic heterocycles. The standard InChI is InChI=1S/C20H21N5O3/c1-25-12-15(22-19(26)14-3-5-16(27-2)6-4-14)11-17(25)20-23-18(24-28-20)13-7-9-21-10-8-13/h3-10,15,17H,11-12H2,1-2H3,(H,22,26)/t15-,17-/m0/s1. The van der Waals surface area contributed by atoms with E-state index in [-0.39, 0.29) is 18.0 Å². The summed E-state index contributed by atoms with van der Waals surface area (Å²) in [7, 11) is 3.59. The quantitative estimate of drug-likeness (QED) is 0.727. The third kappa shape index (κ3) is 3.72. The van der Waals surface area contributed by atoms with E-state index < -0.39 is 0 Å². The minimum atomic E-state index is -0.107. The predicted molar refractivity (Wildman–Crippen MR) is 102 cm³/mol. The Morgan fingerprint density at radius 2 is 1.96 bits per heavy atom. The van der Waals surface area contributed by atoms with Crippen LogP contribution >= 0.6 is 0 Å². The summed E-state index contributed by atoms with van der Waals surface area (Å²) in [5.74, 6) is 1.70. The summed E-state index contributed by atoms with van der Waals surface area (Å²) in [4.78, 5) is 23.2. The van der Waals surface area contributed by atoms with Crippen LogP contribution in [0, 0.1) is 0 Å². The second kappa shape index (κ2) is 7.77. The van der Waals surface area contributed by atoms with Crippen molar-refractivity contribution < 1.29 is 14.1 Å². The van der Waals surface area contributed by atoms with Gasteiger partial charge in [-0.15, -0.1) is 0 Å². The summed E-state index contributed by atoms with van der Waals surface area (Å²) in [6.45, 7) is 0.708. The van der Waals surface area contributed by atoms with Crippen molar-refractivity contribution in [2.45, 2.75) is 18.5 Å². The number of rotatable bonds is 5. The van der Waals surface area contributed by atoms with Gasteiger partial charge in [-0.05, 0) is 49.9 Å². The lowest BCUT2D eigenvalue weighted by molar-refractivity contribution is 0.0938. The Morgan fingerprint density at radius 1 is 1.21 bits per heavy atom. The summed E-state index contributed by atoms with van der Waals surface area (Å²) in [5.41, 5.74) is 1.46. The van der Waals surface area contributed by atoms with Crippen LogP contribution in [0.3, 0.4) is 0 Å². The number of pyridine rings is 1. The van der Waals surface area contributed by atoms with E-state index in [2.05, 4.69) is 25.3 Å². The first-order valence-electron chi connectivity index (χ1n) is 9.03. The van der Waals surface area contributed by atoms with Crippen LogP contribution in [0.25, 0.3) is 11.4 Å². The number of benzene rings is 1. The number of likely N-dealkylation sites (tertiary alicyclic amines) is 1. The molecule has 28 heavy (non-hydrogen) atoms. The van der Waals surface area contributed by atoms with Gasteiger partial charge in [0.15, 0.2) is 0 Å². The molecule has 144 valence electrons. The zero-order chi connectivity index (χ0) is 19.5. The van der Waals surface area contributed by atoms with Crippen molar-refractivity contribution in [1.82, 2.24) is 25.3 Å². The molecule has 0 unspecified atom stereocenters. The first-order chi connectivity index (χ1) is 13.6. The van der Waals surface area contributed by atoms with Crippen LogP contribution in [0.4, 0.5) is 0 Å². The Hall–Kier alpha value is -3.26. The molecule has 8 heteroatoms. The van der Waals surface area contributed by atoms with Crippen LogP contribution < -0.4 is 10.1 Å². The average Bonchev–Trinajstić information content (AvgIpc) is 3.35. The molecule has 1 fully saturated rings. The Kier molecular flexibility index (Phi) is 5.03. The lowest BCUT2D eigenvalue weighted by Gasteiger charge is -2.14. The average molecular weight is 379 g/mol. The van der Waals surface area contributed by atoms with Crippen molar-refractivity contribution in [2.75, 3.05) is 20.7 Å². The minimum Gasteiger partial charge on any atom is -0.497 e. The van der Waals surface area contributed by atoms with Gasteiger partial charge in [0.05, 0.1) is 13.2 Å². The highest BCUT2D eigenvalue weighted by Gasteiger charge is 2.35. The molecular weight excluding hydrogens is 358 g/mol. The fourth-order valence-electron chi connectivity index (χ4n) is 3.39. The highest BCUT2D eigenvalue weighted by Crippen LogP contribution is 2.31. The fourth-order valence-corrected chi connectivity index (χ4v) is 3.39. The summed E-state index contributed by atoms with van der Waals surface area (Å²) in [5, 5.41) is 7.16. The lowest BCUT2D eigenvalue weighted by atomic mass is 10.1. The van der Waals surface area contributed by atoms with Gasteiger partial charge < -0.3 is 14.6 Å². The van der Waals surface area contributed by atoms with Gasteiger partial charge in [-0.2, -0.15) is 4.98 Å². The smallest absolute Gasteiger partial charge is 0.251 e. The van der Waals surface area contributed by atoms with E-state index in [1.54, 1.807) is 43.8 Å². The van der Waals surface area contributed by atoms with Gasteiger partial charge >= 0.3 is 0 Å². The van der Waals surface area contributed by atoms with Gasteiger partial charge in [0, 0.05) is 36.1 Å². The number of amides is 1. The van der Waals surface area contributed by atoms with E-state index in [9.17, 15) is 4.79 Å². The zero-order valence-corrected chi connectivity index (χ0v) is 15.7. The summed E-state index contributed by atoms with van der Waals surface area (Å²) in [6.07, 6.45) is 4.09. The Labute approximate surface area is 162 Å². The minimum absolute atomic E-state index is 0.000812.